The van der Waals surface area contributed by atoms with Crippen LogP contribution in [0.15, 0.2) is 16.1 Å². The molecule has 0 amide bonds. The lowest BCUT2D eigenvalue weighted by atomic mass is 10.5. The molecule has 70 valence electrons. The summed E-state index contributed by atoms with van der Waals surface area (Å²) in [6, 6.07) is 0. The van der Waals surface area contributed by atoms with E-state index in [1.807, 2.05) is 5.38 Å². The van der Waals surface area contributed by atoms with Crippen molar-refractivity contribution in [3.63, 3.8) is 0 Å². The van der Waals surface area contributed by atoms with E-state index in [2.05, 4.69) is 20.9 Å². The smallest absolute Gasteiger partial charge is 0.330 e. The van der Waals surface area contributed by atoms with Crippen LogP contribution < -0.4 is 0 Å². The largest absolute Gasteiger partial charge is 0.463 e. The number of rotatable bonds is 3. The number of thiazole rings is 1. The van der Waals surface area contributed by atoms with E-state index >= 15 is 0 Å². The van der Waals surface area contributed by atoms with Gasteiger partial charge in [-0.15, -0.1) is 11.3 Å². The van der Waals surface area contributed by atoms with Gasteiger partial charge in [0.05, 0.1) is 6.61 Å². The highest BCUT2D eigenvalue weighted by molar-refractivity contribution is 9.10. The summed E-state index contributed by atoms with van der Waals surface area (Å²) in [6.07, 6.45) is 3.00. The van der Waals surface area contributed by atoms with Crippen molar-refractivity contribution in [2.45, 2.75) is 6.92 Å². The van der Waals surface area contributed by atoms with Gasteiger partial charge in [0.1, 0.15) is 9.61 Å². The number of hydrogen-bond donors (Lipinski definition) is 0. The minimum Gasteiger partial charge on any atom is -0.463 e. The zero-order chi connectivity index (χ0) is 9.68. The van der Waals surface area contributed by atoms with Gasteiger partial charge < -0.3 is 4.74 Å². The Morgan fingerprint density at radius 2 is 2.62 bits per heavy atom. The zero-order valence-corrected chi connectivity index (χ0v) is 9.39. The van der Waals surface area contributed by atoms with Crippen molar-refractivity contribution in [1.82, 2.24) is 4.98 Å². The van der Waals surface area contributed by atoms with Gasteiger partial charge in [-0.3, -0.25) is 0 Å². The predicted octanol–water partition coefficient (Wildman–Crippen LogP) is 2.48. The average molecular weight is 262 g/mol. The van der Waals surface area contributed by atoms with Gasteiger partial charge in [-0.2, -0.15) is 0 Å². The monoisotopic (exact) mass is 261 g/mol. The van der Waals surface area contributed by atoms with Crippen molar-refractivity contribution in [1.29, 1.82) is 0 Å². The molecule has 1 aromatic heterocycles. The van der Waals surface area contributed by atoms with Gasteiger partial charge >= 0.3 is 5.97 Å². The number of halogens is 1. The summed E-state index contributed by atoms with van der Waals surface area (Å²) in [4.78, 5) is 15.0. The van der Waals surface area contributed by atoms with Crippen molar-refractivity contribution in [2.75, 3.05) is 6.61 Å². The highest BCUT2D eigenvalue weighted by atomic mass is 79.9. The molecule has 0 aliphatic heterocycles. The molecule has 3 nitrogen and oxygen atoms in total. The van der Waals surface area contributed by atoms with Crippen LogP contribution in [-0.2, 0) is 9.53 Å². The molecule has 0 radical (unpaired) electrons. The number of nitrogens with zero attached hydrogens (tertiary/aromatic N) is 1. The summed E-state index contributed by atoms with van der Waals surface area (Å²) in [6.45, 7) is 2.16. The number of esters is 1. The standard InChI is InChI=1S/C8H8BrNO2S/c1-2-12-8(11)4-3-7-10-6(9)5-13-7/h3-5H,2H2,1H3/b4-3+. The van der Waals surface area contributed by atoms with Crippen LogP contribution in [0.5, 0.6) is 0 Å². The summed E-state index contributed by atoms with van der Waals surface area (Å²) in [5.74, 6) is -0.339. The first-order chi connectivity index (χ1) is 6.22. The van der Waals surface area contributed by atoms with Crippen LogP contribution in [0, 0.1) is 0 Å². The van der Waals surface area contributed by atoms with E-state index in [0.29, 0.717) is 6.61 Å². The molecule has 5 heteroatoms. The van der Waals surface area contributed by atoms with Gasteiger partial charge in [0, 0.05) is 11.5 Å². The molecular formula is C8H8BrNO2S. The van der Waals surface area contributed by atoms with Crippen LogP contribution in [0.1, 0.15) is 11.9 Å². The van der Waals surface area contributed by atoms with Crippen LogP contribution in [-0.4, -0.2) is 17.6 Å². The van der Waals surface area contributed by atoms with Crippen LogP contribution in [0.25, 0.3) is 6.08 Å². The molecule has 0 spiro atoms. The second-order valence-electron chi connectivity index (χ2n) is 2.09. The van der Waals surface area contributed by atoms with Gasteiger partial charge in [-0.25, -0.2) is 9.78 Å². The summed E-state index contributed by atoms with van der Waals surface area (Å²) in [7, 11) is 0. The van der Waals surface area contributed by atoms with Gasteiger partial charge in [0.25, 0.3) is 0 Å². The van der Waals surface area contributed by atoms with Crippen LogP contribution in [0.4, 0.5) is 0 Å². The molecule has 0 fully saturated rings. The summed E-state index contributed by atoms with van der Waals surface area (Å²) in [5.41, 5.74) is 0. The third-order valence-corrected chi connectivity index (χ3v) is 2.66. The Kier molecular flexibility index (Phi) is 4.11. The Bertz CT molecular complexity index is 322. The third-order valence-electron chi connectivity index (χ3n) is 1.14. The second kappa shape index (κ2) is 5.14. The lowest BCUT2D eigenvalue weighted by molar-refractivity contribution is -0.137. The normalized spacial score (nSPS) is 10.6. The topological polar surface area (TPSA) is 39.2 Å². The molecule has 0 N–H and O–H groups in total. The minimum absolute atomic E-state index is 0.339. The number of aromatic nitrogens is 1. The van der Waals surface area contributed by atoms with Crippen LogP contribution in [0.2, 0.25) is 0 Å². The molecule has 0 aromatic carbocycles. The third kappa shape index (κ3) is 3.69. The molecule has 0 saturated heterocycles. The SMILES string of the molecule is CCOC(=O)/C=C/c1nc(Br)cs1. The molecule has 0 unspecified atom stereocenters. The van der Waals surface area contributed by atoms with E-state index in [-0.39, 0.29) is 5.97 Å². The fraction of sp³-hybridized carbons (Fsp3) is 0.250. The lowest BCUT2D eigenvalue weighted by Crippen LogP contribution is -1.98. The van der Waals surface area contributed by atoms with Gasteiger partial charge in [-0.05, 0) is 28.9 Å². The van der Waals surface area contributed by atoms with E-state index in [9.17, 15) is 4.79 Å². The number of hydrogen-bond acceptors (Lipinski definition) is 4. The molecule has 0 aliphatic carbocycles. The maximum absolute atomic E-state index is 10.9. The van der Waals surface area contributed by atoms with Gasteiger partial charge in [-0.1, -0.05) is 0 Å². The first-order valence-corrected chi connectivity index (χ1v) is 5.35. The maximum Gasteiger partial charge on any atom is 0.330 e. The summed E-state index contributed by atoms with van der Waals surface area (Å²) < 4.78 is 5.49. The van der Waals surface area contributed by atoms with Crippen molar-refractivity contribution in [3.05, 3.63) is 21.1 Å². The minimum atomic E-state index is -0.339. The quantitative estimate of drug-likeness (QED) is 0.620. The highest BCUT2D eigenvalue weighted by Gasteiger charge is 1.97. The van der Waals surface area contributed by atoms with Crippen LogP contribution >= 0.6 is 27.3 Å². The first kappa shape index (κ1) is 10.4. The van der Waals surface area contributed by atoms with Gasteiger partial charge in [0.15, 0.2) is 0 Å². The van der Waals surface area contributed by atoms with E-state index in [0.717, 1.165) is 9.61 Å². The molecule has 1 rings (SSSR count). The van der Waals surface area contributed by atoms with Crippen molar-refractivity contribution in [3.8, 4) is 0 Å². The van der Waals surface area contributed by atoms with Crippen molar-refractivity contribution in [2.24, 2.45) is 0 Å². The fourth-order valence-corrected chi connectivity index (χ4v) is 1.83. The number of ether oxygens (including phenoxy) is 1. The van der Waals surface area contributed by atoms with E-state index in [4.69, 9.17) is 4.74 Å². The van der Waals surface area contributed by atoms with E-state index in [1.165, 1.54) is 17.4 Å². The predicted molar refractivity (Wildman–Crippen MR) is 55.5 cm³/mol. The molecule has 1 aromatic rings. The Labute approximate surface area is 88.6 Å². The molecule has 0 saturated carbocycles. The van der Waals surface area contributed by atoms with Crippen LogP contribution in [0.3, 0.4) is 0 Å². The molecule has 0 atom stereocenters. The fourth-order valence-electron chi connectivity index (χ4n) is 0.673. The molecular weight excluding hydrogens is 254 g/mol. The van der Waals surface area contributed by atoms with Crippen molar-refractivity contribution < 1.29 is 9.53 Å². The summed E-state index contributed by atoms with van der Waals surface area (Å²) in [5, 5.41) is 2.63. The average Bonchev–Trinajstić information content (AvgIpc) is 2.49. The zero-order valence-electron chi connectivity index (χ0n) is 6.99. The Hall–Kier alpha value is -0.680. The van der Waals surface area contributed by atoms with E-state index in [1.54, 1.807) is 13.0 Å². The number of carbonyl (C=O) groups is 1. The molecule has 1 heterocycles. The molecule has 13 heavy (non-hydrogen) atoms. The molecule has 0 bridgehead atoms. The molecule has 0 aliphatic rings. The van der Waals surface area contributed by atoms with Gasteiger partial charge in [0.2, 0.25) is 0 Å². The second-order valence-corrected chi connectivity index (χ2v) is 3.80. The maximum atomic E-state index is 10.9. The van der Waals surface area contributed by atoms with Crippen molar-refractivity contribution >= 4 is 39.3 Å². The first-order valence-electron chi connectivity index (χ1n) is 3.68. The Morgan fingerprint density at radius 1 is 1.85 bits per heavy atom. The Morgan fingerprint density at radius 3 is 3.15 bits per heavy atom. The van der Waals surface area contributed by atoms with E-state index < -0.39 is 0 Å². The number of carbonyl (C=O) groups excluding carboxylic acids is 1. The lowest BCUT2D eigenvalue weighted by Gasteiger charge is -1.92. The Balaban J connectivity index is 2.53. The highest BCUT2D eigenvalue weighted by Crippen LogP contribution is 2.15. The summed E-state index contributed by atoms with van der Waals surface area (Å²) >= 11 is 4.68.